The fourth-order valence-corrected chi connectivity index (χ4v) is 3.92. The van der Waals surface area contributed by atoms with Gasteiger partial charge in [-0.3, -0.25) is 9.59 Å². The van der Waals surface area contributed by atoms with Gasteiger partial charge in [0, 0.05) is 16.9 Å². The number of rotatable bonds is 4. The number of nitrogens with one attached hydrogen (secondary N) is 2. The van der Waals surface area contributed by atoms with Gasteiger partial charge in [-0.1, -0.05) is 13.0 Å². The Labute approximate surface area is 148 Å². The summed E-state index contributed by atoms with van der Waals surface area (Å²) in [6.07, 6.45) is 3.55. The number of aromatic amines is 1. The van der Waals surface area contributed by atoms with Crippen molar-refractivity contribution >= 4 is 17.4 Å². The topological polar surface area (TPSA) is 88.0 Å². The molecular formula is C20H25N3O2. The van der Waals surface area contributed by atoms with Crippen molar-refractivity contribution < 1.29 is 9.59 Å². The SMILES string of the molecule is CCc1c(C(=O)NC2CCCc3cc(N)ccc32)[nH]c(C)c1C(C)=O. The third-order valence-electron chi connectivity index (χ3n) is 5.01. The van der Waals surface area contributed by atoms with Crippen molar-refractivity contribution in [3.8, 4) is 0 Å². The van der Waals surface area contributed by atoms with E-state index in [1.54, 1.807) is 6.92 Å². The van der Waals surface area contributed by atoms with Crippen molar-refractivity contribution in [1.82, 2.24) is 10.3 Å². The predicted octanol–water partition coefficient (Wildman–Crippen LogP) is 3.48. The van der Waals surface area contributed by atoms with Gasteiger partial charge in [0.15, 0.2) is 5.78 Å². The van der Waals surface area contributed by atoms with Gasteiger partial charge in [-0.2, -0.15) is 0 Å². The van der Waals surface area contributed by atoms with Gasteiger partial charge in [-0.15, -0.1) is 0 Å². The van der Waals surface area contributed by atoms with Crippen molar-refractivity contribution in [2.45, 2.75) is 52.5 Å². The molecule has 1 aliphatic rings. The number of H-pyrrole nitrogens is 1. The third-order valence-corrected chi connectivity index (χ3v) is 5.01. The number of Topliss-reactive ketones (excluding diaryl/α,β-unsaturated/α-hetero) is 1. The van der Waals surface area contributed by atoms with E-state index in [0.717, 1.165) is 41.8 Å². The zero-order valence-corrected chi connectivity index (χ0v) is 15.0. The molecule has 132 valence electrons. The zero-order chi connectivity index (χ0) is 18.1. The Bertz CT molecular complexity index is 836. The summed E-state index contributed by atoms with van der Waals surface area (Å²) in [6, 6.07) is 5.87. The summed E-state index contributed by atoms with van der Waals surface area (Å²) in [6.45, 7) is 5.34. The maximum atomic E-state index is 12.9. The number of benzene rings is 1. The summed E-state index contributed by atoms with van der Waals surface area (Å²) >= 11 is 0. The van der Waals surface area contributed by atoms with Crippen LogP contribution in [-0.2, 0) is 12.8 Å². The molecule has 0 bridgehead atoms. The lowest BCUT2D eigenvalue weighted by Gasteiger charge is -2.26. The Morgan fingerprint density at radius 1 is 1.36 bits per heavy atom. The summed E-state index contributed by atoms with van der Waals surface area (Å²) in [5.74, 6) is -0.162. The number of hydrogen-bond donors (Lipinski definition) is 3. The predicted molar refractivity (Wildman–Crippen MR) is 98.9 cm³/mol. The standard InChI is InChI=1S/C20H25N3O2/c1-4-15-18(12(3)24)11(2)22-19(15)20(25)23-17-7-5-6-13-10-14(21)8-9-16(13)17/h8-10,17,22H,4-7,21H2,1-3H3,(H,23,25). The van der Waals surface area contributed by atoms with E-state index in [1.165, 1.54) is 5.56 Å². The van der Waals surface area contributed by atoms with Crippen LogP contribution in [0.3, 0.4) is 0 Å². The maximum absolute atomic E-state index is 12.9. The molecular weight excluding hydrogens is 314 g/mol. The number of anilines is 1. The quantitative estimate of drug-likeness (QED) is 0.588. The van der Waals surface area contributed by atoms with Crippen LogP contribution in [0.2, 0.25) is 0 Å². The lowest BCUT2D eigenvalue weighted by Crippen LogP contribution is -2.31. The molecule has 0 radical (unpaired) electrons. The highest BCUT2D eigenvalue weighted by Crippen LogP contribution is 2.31. The number of ketones is 1. The number of carbonyl (C=O) groups is 2. The average molecular weight is 339 g/mol. The highest BCUT2D eigenvalue weighted by Gasteiger charge is 2.26. The summed E-state index contributed by atoms with van der Waals surface area (Å²) in [4.78, 5) is 27.9. The lowest BCUT2D eigenvalue weighted by molar-refractivity contribution is 0.0927. The molecule has 0 aliphatic heterocycles. The number of amides is 1. The molecule has 5 nitrogen and oxygen atoms in total. The van der Waals surface area contributed by atoms with Crippen LogP contribution >= 0.6 is 0 Å². The van der Waals surface area contributed by atoms with E-state index in [-0.39, 0.29) is 17.7 Å². The second kappa shape index (κ2) is 6.75. The summed E-state index contributed by atoms with van der Waals surface area (Å²) in [7, 11) is 0. The fourth-order valence-electron chi connectivity index (χ4n) is 3.92. The van der Waals surface area contributed by atoms with E-state index in [4.69, 9.17) is 5.73 Å². The van der Waals surface area contributed by atoms with Gasteiger partial charge in [0.1, 0.15) is 5.69 Å². The molecule has 5 heteroatoms. The first-order valence-corrected chi connectivity index (χ1v) is 8.83. The van der Waals surface area contributed by atoms with E-state index in [2.05, 4.69) is 10.3 Å². The van der Waals surface area contributed by atoms with Gasteiger partial charge in [-0.05, 0) is 68.4 Å². The molecule has 0 spiro atoms. The van der Waals surface area contributed by atoms with E-state index in [1.807, 2.05) is 32.0 Å². The molecule has 1 aromatic carbocycles. The number of fused-ring (bicyclic) bond motifs is 1. The second-order valence-corrected chi connectivity index (χ2v) is 6.76. The normalized spacial score (nSPS) is 16.4. The molecule has 3 rings (SSSR count). The smallest absolute Gasteiger partial charge is 0.268 e. The molecule has 1 atom stereocenters. The number of carbonyl (C=O) groups excluding carboxylic acids is 2. The lowest BCUT2D eigenvalue weighted by atomic mass is 9.87. The number of nitrogen functional groups attached to an aromatic ring is 1. The van der Waals surface area contributed by atoms with Crippen LogP contribution in [0.15, 0.2) is 18.2 Å². The van der Waals surface area contributed by atoms with Crippen LogP contribution in [-0.4, -0.2) is 16.7 Å². The highest BCUT2D eigenvalue weighted by molar-refractivity contribution is 6.02. The monoisotopic (exact) mass is 339 g/mol. The minimum absolute atomic E-state index is 0.0110. The molecule has 4 N–H and O–H groups in total. The summed E-state index contributed by atoms with van der Waals surface area (Å²) in [5, 5.41) is 3.14. The first-order valence-electron chi connectivity index (χ1n) is 8.83. The number of aryl methyl sites for hydroxylation is 2. The second-order valence-electron chi connectivity index (χ2n) is 6.76. The maximum Gasteiger partial charge on any atom is 0.268 e. The van der Waals surface area contributed by atoms with E-state index in [9.17, 15) is 9.59 Å². The van der Waals surface area contributed by atoms with Gasteiger partial charge in [0.05, 0.1) is 6.04 Å². The van der Waals surface area contributed by atoms with Crippen molar-refractivity contribution in [2.75, 3.05) is 5.73 Å². The molecule has 1 unspecified atom stereocenters. The largest absolute Gasteiger partial charge is 0.399 e. The van der Waals surface area contributed by atoms with Crippen molar-refractivity contribution in [3.05, 3.63) is 51.8 Å². The highest BCUT2D eigenvalue weighted by atomic mass is 16.2. The first-order chi connectivity index (χ1) is 11.9. The van der Waals surface area contributed by atoms with Crippen LogP contribution in [0.1, 0.15) is 76.0 Å². The molecule has 0 saturated heterocycles. The van der Waals surface area contributed by atoms with E-state index < -0.39 is 0 Å². The molecule has 25 heavy (non-hydrogen) atoms. The number of nitrogens with two attached hydrogens (primary N) is 1. The average Bonchev–Trinajstić information content (AvgIpc) is 2.91. The Morgan fingerprint density at radius 3 is 2.80 bits per heavy atom. The van der Waals surface area contributed by atoms with Gasteiger partial charge >= 0.3 is 0 Å². The van der Waals surface area contributed by atoms with Crippen LogP contribution in [0.4, 0.5) is 5.69 Å². The molecule has 1 aliphatic carbocycles. The molecule has 0 fully saturated rings. The van der Waals surface area contributed by atoms with E-state index in [0.29, 0.717) is 17.7 Å². The minimum Gasteiger partial charge on any atom is -0.399 e. The van der Waals surface area contributed by atoms with Crippen molar-refractivity contribution in [3.63, 3.8) is 0 Å². The van der Waals surface area contributed by atoms with Gasteiger partial charge in [-0.25, -0.2) is 0 Å². The molecule has 1 aromatic heterocycles. The zero-order valence-electron chi connectivity index (χ0n) is 15.0. The minimum atomic E-state index is -0.151. The van der Waals surface area contributed by atoms with Crippen LogP contribution < -0.4 is 11.1 Å². The van der Waals surface area contributed by atoms with Crippen LogP contribution in [0, 0.1) is 6.92 Å². The summed E-state index contributed by atoms with van der Waals surface area (Å²) < 4.78 is 0. The number of hydrogen-bond acceptors (Lipinski definition) is 3. The van der Waals surface area contributed by atoms with Crippen LogP contribution in [0.25, 0.3) is 0 Å². The Balaban J connectivity index is 1.90. The summed E-state index contributed by atoms with van der Waals surface area (Å²) in [5.41, 5.74) is 11.7. The van der Waals surface area contributed by atoms with Gasteiger partial charge in [0.25, 0.3) is 5.91 Å². The molecule has 1 amide bonds. The third kappa shape index (κ3) is 3.18. The molecule has 0 saturated carbocycles. The van der Waals surface area contributed by atoms with Crippen molar-refractivity contribution in [2.24, 2.45) is 0 Å². The fraction of sp³-hybridized carbons (Fsp3) is 0.400. The Kier molecular flexibility index (Phi) is 4.66. The van der Waals surface area contributed by atoms with Gasteiger partial charge < -0.3 is 16.0 Å². The Morgan fingerprint density at radius 2 is 2.12 bits per heavy atom. The van der Waals surface area contributed by atoms with Gasteiger partial charge in [0.2, 0.25) is 0 Å². The first kappa shape index (κ1) is 17.3. The Hall–Kier alpha value is -2.56. The number of aromatic nitrogens is 1. The van der Waals surface area contributed by atoms with E-state index >= 15 is 0 Å². The molecule has 2 aromatic rings. The van der Waals surface area contributed by atoms with Crippen LogP contribution in [0.5, 0.6) is 0 Å². The van der Waals surface area contributed by atoms with Crippen molar-refractivity contribution in [1.29, 1.82) is 0 Å². The molecule has 1 heterocycles.